The van der Waals surface area contributed by atoms with Crippen LogP contribution in [0.3, 0.4) is 0 Å². The van der Waals surface area contributed by atoms with E-state index in [1.54, 1.807) is 23.6 Å². The average Bonchev–Trinajstić information content (AvgIpc) is 2.94. The second-order valence-electron chi connectivity index (χ2n) is 3.83. The van der Waals surface area contributed by atoms with Gasteiger partial charge in [-0.1, -0.05) is 0 Å². The Balaban J connectivity index is 2.28. The number of hydrogen-bond donors (Lipinski definition) is 0. The molecule has 3 aromatic rings. The maximum Gasteiger partial charge on any atom is 0.154 e. The molecule has 84 valence electrons. The van der Waals surface area contributed by atoms with Crippen molar-refractivity contribution in [3.05, 3.63) is 47.1 Å². The predicted molar refractivity (Wildman–Crippen MR) is 68.6 cm³/mol. The second kappa shape index (κ2) is 3.82. The summed E-state index contributed by atoms with van der Waals surface area (Å²) in [5.41, 5.74) is 1.52. The first-order chi connectivity index (χ1) is 8.29. The molecular weight excluding hydrogens is 232 g/mol. The van der Waals surface area contributed by atoms with E-state index in [1.807, 2.05) is 16.7 Å². The minimum Gasteiger partial charge on any atom is -0.298 e. The van der Waals surface area contributed by atoms with Gasteiger partial charge >= 0.3 is 0 Å². The number of aldehydes is 1. The summed E-state index contributed by atoms with van der Waals surface area (Å²) in [7, 11) is 0. The highest BCUT2D eigenvalue weighted by Crippen LogP contribution is 2.27. The monoisotopic (exact) mass is 242 g/mol. The minimum absolute atomic E-state index is 0.666. The third kappa shape index (κ3) is 1.57. The van der Waals surface area contributed by atoms with Gasteiger partial charge in [0.15, 0.2) is 12.1 Å². The van der Waals surface area contributed by atoms with Gasteiger partial charge in [-0.2, -0.15) is 0 Å². The summed E-state index contributed by atoms with van der Waals surface area (Å²) in [5, 5.41) is 0. The van der Waals surface area contributed by atoms with Crippen molar-refractivity contribution in [2.24, 2.45) is 0 Å². The van der Waals surface area contributed by atoms with Crippen LogP contribution in [0.25, 0.3) is 16.2 Å². The van der Waals surface area contributed by atoms with E-state index in [-0.39, 0.29) is 0 Å². The molecule has 4 heteroatoms. The first-order valence-corrected chi connectivity index (χ1v) is 6.09. The fourth-order valence-electron chi connectivity index (χ4n) is 1.88. The molecule has 3 nitrogen and oxygen atoms in total. The molecule has 3 heterocycles. The fraction of sp³-hybridized carbons (Fsp3) is 0.0769. The number of nitrogens with zero attached hydrogens (tertiary/aromatic N) is 2. The summed E-state index contributed by atoms with van der Waals surface area (Å²) in [6.07, 6.45) is 4.54. The maximum atomic E-state index is 10.9. The summed E-state index contributed by atoms with van der Waals surface area (Å²) >= 11 is 1.70. The highest BCUT2D eigenvalue weighted by Gasteiger charge is 2.09. The molecule has 0 saturated heterocycles. The molecule has 0 unspecified atom stereocenters. The summed E-state index contributed by atoms with van der Waals surface area (Å²) in [5.74, 6) is 0.891. The van der Waals surface area contributed by atoms with E-state index in [1.165, 1.54) is 4.88 Å². The molecule has 0 aliphatic rings. The van der Waals surface area contributed by atoms with E-state index in [4.69, 9.17) is 0 Å². The number of hydrogen-bond acceptors (Lipinski definition) is 3. The van der Waals surface area contributed by atoms with Crippen molar-refractivity contribution in [2.75, 3.05) is 0 Å². The van der Waals surface area contributed by atoms with Crippen molar-refractivity contribution < 1.29 is 4.79 Å². The second-order valence-corrected chi connectivity index (χ2v) is 5.12. The highest BCUT2D eigenvalue weighted by molar-refractivity contribution is 7.15. The van der Waals surface area contributed by atoms with Crippen molar-refractivity contribution >= 4 is 23.1 Å². The molecule has 0 radical (unpaired) electrons. The topological polar surface area (TPSA) is 34.4 Å². The van der Waals surface area contributed by atoms with Crippen LogP contribution in [0, 0.1) is 6.92 Å². The molecule has 17 heavy (non-hydrogen) atoms. The molecule has 0 aliphatic carbocycles. The number of carbonyl (C=O) groups is 1. The molecule has 0 aromatic carbocycles. The van der Waals surface area contributed by atoms with Gasteiger partial charge in [0.25, 0.3) is 0 Å². The molecule has 0 amide bonds. The van der Waals surface area contributed by atoms with Gasteiger partial charge in [-0.3, -0.25) is 9.20 Å². The summed E-state index contributed by atoms with van der Waals surface area (Å²) in [6, 6.07) is 7.79. The Bertz CT molecular complexity index is 696. The van der Waals surface area contributed by atoms with E-state index < -0.39 is 0 Å². The third-order valence-corrected chi connectivity index (χ3v) is 3.69. The summed E-state index contributed by atoms with van der Waals surface area (Å²) in [4.78, 5) is 17.7. The molecule has 0 saturated carbocycles. The zero-order valence-corrected chi connectivity index (χ0v) is 10.1. The van der Waals surface area contributed by atoms with Crippen molar-refractivity contribution in [3.63, 3.8) is 0 Å². The van der Waals surface area contributed by atoms with Gasteiger partial charge in [-0.25, -0.2) is 4.98 Å². The van der Waals surface area contributed by atoms with Crippen LogP contribution in [0.15, 0.2) is 36.7 Å². The van der Waals surface area contributed by atoms with Crippen LogP contribution in [-0.4, -0.2) is 15.7 Å². The van der Waals surface area contributed by atoms with E-state index in [2.05, 4.69) is 24.0 Å². The van der Waals surface area contributed by atoms with E-state index in [0.29, 0.717) is 5.56 Å². The zero-order chi connectivity index (χ0) is 11.8. The number of carbonyl (C=O) groups excluding carboxylic acids is 1. The molecule has 0 bridgehead atoms. The van der Waals surface area contributed by atoms with Crippen LogP contribution in [0.1, 0.15) is 15.2 Å². The number of aromatic nitrogens is 2. The lowest BCUT2D eigenvalue weighted by atomic mass is 10.2. The Morgan fingerprint density at radius 2 is 2.24 bits per heavy atom. The molecule has 3 aromatic heterocycles. The molecule has 0 aliphatic heterocycles. The fourth-order valence-corrected chi connectivity index (χ4v) is 2.74. The highest BCUT2D eigenvalue weighted by atomic mass is 32.1. The number of pyridine rings is 1. The largest absolute Gasteiger partial charge is 0.298 e. The van der Waals surface area contributed by atoms with Crippen molar-refractivity contribution in [2.45, 2.75) is 6.92 Å². The third-order valence-electron chi connectivity index (χ3n) is 2.69. The van der Waals surface area contributed by atoms with Crippen LogP contribution in [0.5, 0.6) is 0 Å². The van der Waals surface area contributed by atoms with Crippen LogP contribution in [0.4, 0.5) is 0 Å². The first-order valence-electron chi connectivity index (χ1n) is 5.27. The van der Waals surface area contributed by atoms with Gasteiger partial charge in [0.05, 0.1) is 16.6 Å². The lowest BCUT2D eigenvalue weighted by Gasteiger charge is -1.99. The van der Waals surface area contributed by atoms with Gasteiger partial charge < -0.3 is 0 Å². The van der Waals surface area contributed by atoms with Crippen LogP contribution < -0.4 is 0 Å². The molecular formula is C13H10N2OS. The van der Waals surface area contributed by atoms with Crippen molar-refractivity contribution in [1.82, 2.24) is 9.38 Å². The number of rotatable bonds is 2. The molecule has 0 fully saturated rings. The minimum atomic E-state index is 0.666. The van der Waals surface area contributed by atoms with Crippen molar-refractivity contribution in [3.8, 4) is 10.7 Å². The van der Waals surface area contributed by atoms with Gasteiger partial charge in [0.2, 0.25) is 0 Å². The van der Waals surface area contributed by atoms with Crippen LogP contribution in [-0.2, 0) is 0 Å². The lowest BCUT2D eigenvalue weighted by Crippen LogP contribution is -1.90. The normalized spacial score (nSPS) is 10.9. The molecule has 0 atom stereocenters. The van der Waals surface area contributed by atoms with Gasteiger partial charge in [-0.05, 0) is 31.2 Å². The number of fused-ring (bicyclic) bond motifs is 1. The number of imidazole rings is 1. The zero-order valence-electron chi connectivity index (χ0n) is 9.25. The Hall–Kier alpha value is -1.94. The van der Waals surface area contributed by atoms with E-state index in [9.17, 15) is 4.79 Å². The number of thiophene rings is 1. The Morgan fingerprint density at radius 1 is 1.35 bits per heavy atom. The number of aryl methyl sites for hydroxylation is 1. The Kier molecular flexibility index (Phi) is 2.30. The van der Waals surface area contributed by atoms with Crippen LogP contribution >= 0.6 is 11.3 Å². The lowest BCUT2D eigenvalue weighted by molar-refractivity contribution is 0.112. The quantitative estimate of drug-likeness (QED) is 0.647. The van der Waals surface area contributed by atoms with Crippen LogP contribution in [0.2, 0.25) is 0 Å². The van der Waals surface area contributed by atoms with Gasteiger partial charge in [-0.15, -0.1) is 11.3 Å². The SMILES string of the molecule is Cc1ccc(-c2ncc3c(C=O)cccn23)s1. The summed E-state index contributed by atoms with van der Waals surface area (Å²) in [6.45, 7) is 2.07. The Morgan fingerprint density at radius 3 is 2.94 bits per heavy atom. The molecule has 0 spiro atoms. The smallest absolute Gasteiger partial charge is 0.154 e. The predicted octanol–water partition coefficient (Wildman–Crippen LogP) is 3.18. The standard InChI is InChI=1S/C13H10N2OS/c1-9-4-5-12(17-9)13-14-7-11-10(8-16)3-2-6-15(11)13/h2-8H,1H3. The van der Waals surface area contributed by atoms with Gasteiger partial charge in [0.1, 0.15) is 0 Å². The average molecular weight is 242 g/mol. The molecule has 3 rings (SSSR count). The molecule has 0 N–H and O–H groups in total. The van der Waals surface area contributed by atoms with E-state index in [0.717, 1.165) is 22.5 Å². The first kappa shape index (κ1) is 10.2. The Labute approximate surface area is 102 Å². The van der Waals surface area contributed by atoms with Gasteiger partial charge in [0, 0.05) is 16.6 Å². The van der Waals surface area contributed by atoms with Crippen molar-refractivity contribution in [1.29, 1.82) is 0 Å². The van der Waals surface area contributed by atoms with E-state index >= 15 is 0 Å². The summed E-state index contributed by atoms with van der Waals surface area (Å²) < 4.78 is 1.95. The maximum absolute atomic E-state index is 10.9.